The second-order valence-electron chi connectivity index (χ2n) is 6.78. The zero-order valence-electron chi connectivity index (χ0n) is 11.2. The highest BCUT2D eigenvalue weighted by atomic mass is 15.2. The maximum atomic E-state index is 6.02. The fourth-order valence-corrected chi connectivity index (χ4v) is 4.46. The summed E-state index contributed by atoms with van der Waals surface area (Å²) in [7, 11) is 0. The normalized spacial score (nSPS) is 34.1. The van der Waals surface area contributed by atoms with Crippen molar-refractivity contribution < 1.29 is 0 Å². The maximum Gasteiger partial charge on any atom is 0.0124 e. The number of hydrogen-bond acceptors (Lipinski definition) is 2. The van der Waals surface area contributed by atoms with E-state index in [1.165, 1.54) is 70.9 Å². The highest BCUT2D eigenvalue weighted by Gasteiger charge is 2.41. The van der Waals surface area contributed by atoms with E-state index in [1.54, 1.807) is 0 Å². The van der Waals surface area contributed by atoms with Crippen molar-refractivity contribution >= 4 is 0 Å². The van der Waals surface area contributed by atoms with Gasteiger partial charge in [-0.15, -0.1) is 0 Å². The Hall–Kier alpha value is -0.0800. The molecular formula is C15H28N2. The molecule has 2 aliphatic carbocycles. The minimum atomic E-state index is 0.515. The van der Waals surface area contributed by atoms with Crippen molar-refractivity contribution in [1.29, 1.82) is 0 Å². The first-order valence-electron chi connectivity index (χ1n) is 7.77. The van der Waals surface area contributed by atoms with Crippen molar-refractivity contribution in [1.82, 2.24) is 4.90 Å². The Balaban J connectivity index is 1.61. The quantitative estimate of drug-likeness (QED) is 0.813. The van der Waals surface area contributed by atoms with Gasteiger partial charge in [-0.05, 0) is 62.9 Å². The van der Waals surface area contributed by atoms with Gasteiger partial charge in [-0.25, -0.2) is 0 Å². The van der Waals surface area contributed by atoms with Crippen LogP contribution in [0, 0.1) is 11.3 Å². The van der Waals surface area contributed by atoms with Crippen LogP contribution in [0.1, 0.15) is 57.8 Å². The van der Waals surface area contributed by atoms with Crippen LogP contribution in [0.5, 0.6) is 0 Å². The topological polar surface area (TPSA) is 29.3 Å². The van der Waals surface area contributed by atoms with Crippen LogP contribution in [0.15, 0.2) is 0 Å². The van der Waals surface area contributed by atoms with E-state index in [9.17, 15) is 0 Å². The molecule has 0 amide bonds. The Bertz CT molecular complexity index is 248. The molecule has 0 bridgehead atoms. The van der Waals surface area contributed by atoms with Crippen molar-refractivity contribution in [2.45, 2.75) is 63.8 Å². The third-order valence-electron chi connectivity index (χ3n) is 5.74. The van der Waals surface area contributed by atoms with Crippen molar-refractivity contribution in [3.05, 3.63) is 0 Å². The lowest BCUT2D eigenvalue weighted by molar-refractivity contribution is 0.0548. The molecule has 0 radical (unpaired) electrons. The fraction of sp³-hybridized carbons (Fsp3) is 1.00. The lowest BCUT2D eigenvalue weighted by Crippen LogP contribution is -2.49. The van der Waals surface area contributed by atoms with Crippen LogP contribution >= 0.6 is 0 Å². The zero-order valence-corrected chi connectivity index (χ0v) is 11.2. The van der Waals surface area contributed by atoms with Gasteiger partial charge in [0.2, 0.25) is 0 Å². The summed E-state index contributed by atoms with van der Waals surface area (Å²) in [6, 6.07) is 0.918. The first-order valence-corrected chi connectivity index (χ1v) is 7.77. The van der Waals surface area contributed by atoms with Crippen LogP contribution in [0.2, 0.25) is 0 Å². The number of likely N-dealkylation sites (tertiary alicyclic amines) is 1. The predicted octanol–water partition coefficient (Wildman–Crippen LogP) is 2.77. The second-order valence-corrected chi connectivity index (χ2v) is 6.78. The Kier molecular flexibility index (Phi) is 3.45. The van der Waals surface area contributed by atoms with Crippen molar-refractivity contribution in [2.24, 2.45) is 17.1 Å². The third-order valence-corrected chi connectivity index (χ3v) is 5.74. The van der Waals surface area contributed by atoms with Gasteiger partial charge in [-0.3, -0.25) is 4.90 Å². The number of rotatable bonds is 4. The molecule has 98 valence electrons. The van der Waals surface area contributed by atoms with Gasteiger partial charge in [0.15, 0.2) is 0 Å². The molecule has 1 aliphatic heterocycles. The second kappa shape index (κ2) is 4.89. The SMILES string of the molecule is NCC1(CN2CCCC2C2CCCC2)CCC1. The molecular weight excluding hydrogens is 208 g/mol. The van der Waals surface area contributed by atoms with Crippen LogP contribution in [0.25, 0.3) is 0 Å². The smallest absolute Gasteiger partial charge is 0.0124 e. The van der Waals surface area contributed by atoms with Crippen LogP contribution in [-0.4, -0.2) is 30.6 Å². The van der Waals surface area contributed by atoms with Gasteiger partial charge < -0.3 is 5.73 Å². The van der Waals surface area contributed by atoms with Gasteiger partial charge in [0.1, 0.15) is 0 Å². The largest absolute Gasteiger partial charge is 0.330 e. The van der Waals surface area contributed by atoms with Gasteiger partial charge in [-0.2, -0.15) is 0 Å². The van der Waals surface area contributed by atoms with E-state index < -0.39 is 0 Å². The van der Waals surface area contributed by atoms with E-state index >= 15 is 0 Å². The highest BCUT2D eigenvalue weighted by Crippen LogP contribution is 2.43. The number of hydrogen-bond donors (Lipinski definition) is 1. The molecule has 2 N–H and O–H groups in total. The molecule has 1 unspecified atom stereocenters. The van der Waals surface area contributed by atoms with Gasteiger partial charge in [0.05, 0.1) is 0 Å². The standard InChI is InChI=1S/C15H28N2/c16-11-15(8-4-9-15)12-17-10-3-7-14(17)13-5-1-2-6-13/h13-14H,1-12,16H2. The van der Waals surface area contributed by atoms with Gasteiger partial charge >= 0.3 is 0 Å². The Morgan fingerprint density at radius 1 is 1.00 bits per heavy atom. The van der Waals surface area contributed by atoms with E-state index in [-0.39, 0.29) is 0 Å². The van der Waals surface area contributed by atoms with Crippen LogP contribution in [-0.2, 0) is 0 Å². The van der Waals surface area contributed by atoms with Crippen LogP contribution < -0.4 is 5.73 Å². The summed E-state index contributed by atoms with van der Waals surface area (Å²) in [5.41, 5.74) is 6.53. The Labute approximate surface area is 106 Å². The molecule has 0 aromatic carbocycles. The molecule has 1 atom stereocenters. The minimum Gasteiger partial charge on any atom is -0.330 e. The molecule has 0 spiro atoms. The van der Waals surface area contributed by atoms with E-state index in [2.05, 4.69) is 4.90 Å². The van der Waals surface area contributed by atoms with E-state index in [0.29, 0.717) is 5.41 Å². The summed E-state index contributed by atoms with van der Waals surface area (Å²) < 4.78 is 0. The number of nitrogens with zero attached hydrogens (tertiary/aromatic N) is 1. The molecule has 0 aromatic heterocycles. The molecule has 3 fully saturated rings. The lowest BCUT2D eigenvalue weighted by atomic mass is 9.68. The molecule has 17 heavy (non-hydrogen) atoms. The molecule has 0 aromatic rings. The Morgan fingerprint density at radius 2 is 1.76 bits per heavy atom. The molecule has 2 heteroatoms. The molecule has 3 aliphatic rings. The average Bonchev–Trinajstić information content (AvgIpc) is 2.93. The summed E-state index contributed by atoms with van der Waals surface area (Å²) >= 11 is 0. The summed E-state index contributed by atoms with van der Waals surface area (Å²) in [5.74, 6) is 1.02. The van der Waals surface area contributed by atoms with E-state index in [0.717, 1.165) is 18.5 Å². The van der Waals surface area contributed by atoms with Gasteiger partial charge in [0, 0.05) is 12.6 Å². The molecule has 2 saturated carbocycles. The summed E-state index contributed by atoms with van der Waals surface area (Å²) in [5, 5.41) is 0. The number of nitrogens with two attached hydrogens (primary N) is 1. The lowest BCUT2D eigenvalue weighted by Gasteiger charge is -2.45. The van der Waals surface area contributed by atoms with E-state index in [1.807, 2.05) is 0 Å². The molecule has 1 saturated heterocycles. The zero-order chi connectivity index (χ0) is 11.7. The summed E-state index contributed by atoms with van der Waals surface area (Å²) in [6.07, 6.45) is 13.0. The molecule has 3 rings (SSSR count). The molecule has 2 nitrogen and oxygen atoms in total. The van der Waals surface area contributed by atoms with E-state index in [4.69, 9.17) is 5.73 Å². The predicted molar refractivity (Wildman–Crippen MR) is 71.9 cm³/mol. The minimum absolute atomic E-state index is 0.515. The summed E-state index contributed by atoms with van der Waals surface area (Å²) in [4.78, 5) is 2.82. The van der Waals surface area contributed by atoms with Gasteiger partial charge in [-0.1, -0.05) is 19.3 Å². The van der Waals surface area contributed by atoms with Crippen molar-refractivity contribution in [3.63, 3.8) is 0 Å². The van der Waals surface area contributed by atoms with Crippen LogP contribution in [0.4, 0.5) is 0 Å². The van der Waals surface area contributed by atoms with Crippen molar-refractivity contribution in [3.8, 4) is 0 Å². The first kappa shape index (κ1) is 12.0. The maximum absolute atomic E-state index is 6.02. The third kappa shape index (κ3) is 2.26. The van der Waals surface area contributed by atoms with Gasteiger partial charge in [0.25, 0.3) is 0 Å². The highest BCUT2D eigenvalue weighted by molar-refractivity contribution is 4.96. The Morgan fingerprint density at radius 3 is 2.35 bits per heavy atom. The first-order chi connectivity index (χ1) is 8.33. The molecule has 1 heterocycles. The average molecular weight is 236 g/mol. The van der Waals surface area contributed by atoms with Crippen molar-refractivity contribution in [2.75, 3.05) is 19.6 Å². The van der Waals surface area contributed by atoms with Crippen LogP contribution in [0.3, 0.4) is 0 Å². The fourth-order valence-electron chi connectivity index (χ4n) is 4.46. The monoisotopic (exact) mass is 236 g/mol. The summed E-state index contributed by atoms with van der Waals surface area (Å²) in [6.45, 7) is 3.58.